The summed E-state index contributed by atoms with van der Waals surface area (Å²) in [4.78, 5) is 4.38. The van der Waals surface area contributed by atoms with Crippen LogP contribution in [-0.2, 0) is 6.42 Å². The lowest BCUT2D eigenvalue weighted by Gasteiger charge is -2.03. The predicted molar refractivity (Wildman–Crippen MR) is 59.5 cm³/mol. The standard InChI is InChI=1S/C11H21N3O/c1-8(2)7-10-13-11(15-14-10)9(3)5-4-6-12/h8-9H,4-7,12H2,1-3H3. The average molecular weight is 211 g/mol. The summed E-state index contributed by atoms with van der Waals surface area (Å²) in [6.07, 6.45) is 2.90. The zero-order valence-electron chi connectivity index (χ0n) is 9.86. The van der Waals surface area contributed by atoms with Gasteiger partial charge >= 0.3 is 0 Å². The molecule has 0 saturated heterocycles. The average Bonchev–Trinajstić information content (AvgIpc) is 2.61. The first kappa shape index (κ1) is 12.2. The SMILES string of the molecule is CC(C)Cc1noc(C(C)CCCN)n1. The second-order valence-electron chi connectivity index (χ2n) is 4.48. The highest BCUT2D eigenvalue weighted by Gasteiger charge is 2.14. The van der Waals surface area contributed by atoms with Gasteiger partial charge in [0.25, 0.3) is 0 Å². The summed E-state index contributed by atoms with van der Waals surface area (Å²) in [5.74, 6) is 2.45. The first-order valence-electron chi connectivity index (χ1n) is 5.66. The van der Waals surface area contributed by atoms with Crippen LogP contribution in [0.3, 0.4) is 0 Å². The van der Waals surface area contributed by atoms with Crippen LogP contribution in [0.5, 0.6) is 0 Å². The van der Waals surface area contributed by atoms with E-state index in [-0.39, 0.29) is 0 Å². The molecule has 0 bridgehead atoms. The summed E-state index contributed by atoms with van der Waals surface area (Å²) in [6, 6.07) is 0. The Hall–Kier alpha value is -0.900. The molecule has 15 heavy (non-hydrogen) atoms. The molecule has 0 aliphatic carbocycles. The van der Waals surface area contributed by atoms with Gasteiger partial charge in [0.2, 0.25) is 5.89 Å². The van der Waals surface area contributed by atoms with Crippen LogP contribution in [0.15, 0.2) is 4.52 Å². The lowest BCUT2D eigenvalue weighted by Crippen LogP contribution is -2.02. The number of rotatable bonds is 6. The third-order valence-corrected chi connectivity index (χ3v) is 2.34. The molecule has 4 nitrogen and oxygen atoms in total. The summed E-state index contributed by atoms with van der Waals surface area (Å²) >= 11 is 0. The Balaban J connectivity index is 2.51. The summed E-state index contributed by atoms with van der Waals surface area (Å²) in [5.41, 5.74) is 5.46. The zero-order chi connectivity index (χ0) is 11.3. The lowest BCUT2D eigenvalue weighted by atomic mass is 10.1. The normalized spacial score (nSPS) is 13.4. The number of nitrogens with zero attached hydrogens (tertiary/aromatic N) is 2. The molecule has 86 valence electrons. The van der Waals surface area contributed by atoms with Gasteiger partial charge in [-0.2, -0.15) is 4.98 Å². The van der Waals surface area contributed by atoms with E-state index < -0.39 is 0 Å². The Labute approximate surface area is 91.2 Å². The fraction of sp³-hybridized carbons (Fsp3) is 0.818. The summed E-state index contributed by atoms with van der Waals surface area (Å²) in [6.45, 7) is 7.11. The largest absolute Gasteiger partial charge is 0.339 e. The molecule has 1 aromatic heterocycles. The van der Waals surface area contributed by atoms with Gasteiger partial charge < -0.3 is 10.3 Å². The quantitative estimate of drug-likeness (QED) is 0.782. The molecule has 0 amide bonds. The molecular formula is C11H21N3O. The number of hydrogen-bond donors (Lipinski definition) is 1. The number of hydrogen-bond acceptors (Lipinski definition) is 4. The first-order chi connectivity index (χ1) is 7.13. The van der Waals surface area contributed by atoms with Gasteiger partial charge in [-0.05, 0) is 25.3 Å². The highest BCUT2D eigenvalue weighted by atomic mass is 16.5. The Morgan fingerprint density at radius 1 is 1.33 bits per heavy atom. The fourth-order valence-electron chi connectivity index (χ4n) is 1.46. The Kier molecular flexibility index (Phi) is 4.75. The van der Waals surface area contributed by atoms with E-state index in [1.165, 1.54) is 0 Å². The van der Waals surface area contributed by atoms with Crippen LogP contribution < -0.4 is 5.73 Å². The minimum absolute atomic E-state index is 0.321. The molecule has 1 rings (SSSR count). The van der Waals surface area contributed by atoms with Crippen molar-refractivity contribution in [3.63, 3.8) is 0 Å². The molecule has 1 heterocycles. The summed E-state index contributed by atoms with van der Waals surface area (Å²) < 4.78 is 5.22. The molecule has 0 aliphatic heterocycles. The van der Waals surface area contributed by atoms with Crippen molar-refractivity contribution < 1.29 is 4.52 Å². The van der Waals surface area contributed by atoms with Gasteiger partial charge in [0.1, 0.15) is 0 Å². The molecule has 0 fully saturated rings. The van der Waals surface area contributed by atoms with Crippen molar-refractivity contribution in [2.75, 3.05) is 6.54 Å². The van der Waals surface area contributed by atoms with Crippen molar-refractivity contribution in [3.8, 4) is 0 Å². The van der Waals surface area contributed by atoms with E-state index >= 15 is 0 Å². The molecule has 0 aromatic carbocycles. The van der Waals surface area contributed by atoms with Crippen LogP contribution in [0.1, 0.15) is 51.2 Å². The molecule has 0 saturated carbocycles. The molecule has 1 unspecified atom stereocenters. The summed E-state index contributed by atoms with van der Waals surface area (Å²) in [5, 5.41) is 3.97. The van der Waals surface area contributed by atoms with Crippen LogP contribution in [0, 0.1) is 5.92 Å². The van der Waals surface area contributed by atoms with Crippen molar-refractivity contribution in [2.24, 2.45) is 11.7 Å². The predicted octanol–water partition coefficient (Wildman–Crippen LogP) is 2.11. The molecule has 0 aliphatic rings. The van der Waals surface area contributed by atoms with Crippen LogP contribution >= 0.6 is 0 Å². The fourth-order valence-corrected chi connectivity index (χ4v) is 1.46. The minimum Gasteiger partial charge on any atom is -0.339 e. The number of nitrogens with two attached hydrogens (primary N) is 1. The van der Waals surface area contributed by atoms with E-state index in [0.717, 1.165) is 37.5 Å². The molecule has 0 spiro atoms. The van der Waals surface area contributed by atoms with Gasteiger partial charge in [-0.1, -0.05) is 25.9 Å². The monoisotopic (exact) mass is 211 g/mol. The van der Waals surface area contributed by atoms with Gasteiger partial charge in [-0.15, -0.1) is 0 Å². The third-order valence-electron chi connectivity index (χ3n) is 2.34. The highest BCUT2D eigenvalue weighted by molar-refractivity contribution is 4.92. The van der Waals surface area contributed by atoms with E-state index in [9.17, 15) is 0 Å². The maximum absolute atomic E-state index is 5.46. The van der Waals surface area contributed by atoms with Crippen molar-refractivity contribution in [2.45, 2.75) is 46.0 Å². The van der Waals surface area contributed by atoms with Gasteiger partial charge in [0.15, 0.2) is 5.82 Å². The Bertz CT molecular complexity index is 283. The molecule has 1 atom stereocenters. The van der Waals surface area contributed by atoms with E-state index in [1.807, 2.05) is 0 Å². The maximum atomic E-state index is 5.46. The smallest absolute Gasteiger partial charge is 0.229 e. The molecule has 4 heteroatoms. The minimum atomic E-state index is 0.321. The molecular weight excluding hydrogens is 190 g/mol. The van der Waals surface area contributed by atoms with Crippen LogP contribution in [0.4, 0.5) is 0 Å². The van der Waals surface area contributed by atoms with Gasteiger partial charge in [-0.3, -0.25) is 0 Å². The second-order valence-corrected chi connectivity index (χ2v) is 4.48. The second kappa shape index (κ2) is 5.85. The molecule has 1 aromatic rings. The van der Waals surface area contributed by atoms with E-state index in [1.54, 1.807) is 0 Å². The highest BCUT2D eigenvalue weighted by Crippen LogP contribution is 2.18. The van der Waals surface area contributed by atoms with Gasteiger partial charge in [0, 0.05) is 12.3 Å². The summed E-state index contributed by atoms with van der Waals surface area (Å²) in [7, 11) is 0. The maximum Gasteiger partial charge on any atom is 0.229 e. The van der Waals surface area contributed by atoms with Gasteiger partial charge in [0.05, 0.1) is 0 Å². The Morgan fingerprint density at radius 3 is 2.67 bits per heavy atom. The van der Waals surface area contributed by atoms with Gasteiger partial charge in [-0.25, -0.2) is 0 Å². The van der Waals surface area contributed by atoms with E-state index in [4.69, 9.17) is 10.3 Å². The van der Waals surface area contributed by atoms with Crippen molar-refractivity contribution in [3.05, 3.63) is 11.7 Å². The van der Waals surface area contributed by atoms with E-state index in [2.05, 4.69) is 30.9 Å². The Morgan fingerprint density at radius 2 is 2.07 bits per heavy atom. The van der Waals surface area contributed by atoms with Crippen LogP contribution in [0.25, 0.3) is 0 Å². The number of aromatic nitrogens is 2. The molecule has 2 N–H and O–H groups in total. The third kappa shape index (κ3) is 4.00. The van der Waals surface area contributed by atoms with E-state index in [0.29, 0.717) is 11.8 Å². The van der Waals surface area contributed by atoms with Crippen molar-refractivity contribution >= 4 is 0 Å². The van der Waals surface area contributed by atoms with Crippen LogP contribution in [-0.4, -0.2) is 16.7 Å². The lowest BCUT2D eigenvalue weighted by molar-refractivity contribution is 0.347. The zero-order valence-corrected chi connectivity index (χ0v) is 9.86. The first-order valence-corrected chi connectivity index (χ1v) is 5.66. The van der Waals surface area contributed by atoms with Crippen LogP contribution in [0.2, 0.25) is 0 Å². The molecule has 0 radical (unpaired) electrons. The van der Waals surface area contributed by atoms with Crippen molar-refractivity contribution in [1.29, 1.82) is 0 Å². The van der Waals surface area contributed by atoms with Crippen molar-refractivity contribution in [1.82, 2.24) is 10.1 Å². The topological polar surface area (TPSA) is 64.9 Å².